The monoisotopic (exact) mass is 175 g/mol. The van der Waals surface area contributed by atoms with Gasteiger partial charge in [0.1, 0.15) is 5.82 Å². The van der Waals surface area contributed by atoms with Crippen LogP contribution in [0.15, 0.2) is 0 Å². The Hall–Kier alpha value is -0.740. The number of aryl methyl sites for hydroxylation is 1. The van der Waals surface area contributed by atoms with Gasteiger partial charge in [0, 0.05) is 6.54 Å². The second kappa shape index (κ2) is 3.59. The predicted octanol–water partition coefficient (Wildman–Crippen LogP) is 0.776. The van der Waals surface area contributed by atoms with Gasteiger partial charge in [-0.1, -0.05) is 11.6 Å². The summed E-state index contributed by atoms with van der Waals surface area (Å²) in [5, 5.41) is 11.8. The van der Waals surface area contributed by atoms with E-state index in [4.69, 9.17) is 16.7 Å². The lowest BCUT2D eigenvalue weighted by Gasteiger charge is -1.97. The summed E-state index contributed by atoms with van der Waals surface area (Å²) in [7, 11) is 0. The molecular weight excluding hydrogens is 166 g/mol. The van der Waals surface area contributed by atoms with Crippen molar-refractivity contribution in [3.63, 3.8) is 0 Å². The Morgan fingerprint density at radius 3 is 2.91 bits per heavy atom. The highest BCUT2D eigenvalue weighted by Gasteiger charge is 2.02. The summed E-state index contributed by atoms with van der Waals surface area (Å²) >= 11 is 5.72. The highest BCUT2D eigenvalue weighted by molar-refractivity contribution is 6.31. The first-order chi connectivity index (χ1) is 5.24. The Kier molecular flexibility index (Phi) is 2.73. The lowest BCUT2D eigenvalue weighted by atomic mass is 10.6. The van der Waals surface area contributed by atoms with E-state index in [-0.39, 0.29) is 6.61 Å². The van der Waals surface area contributed by atoms with Crippen molar-refractivity contribution in [2.24, 2.45) is 0 Å². The molecule has 1 heterocycles. The maximum Gasteiger partial charge on any atom is 0.163 e. The minimum atomic E-state index is 0.0717. The molecule has 0 saturated carbocycles. The number of nitrogens with zero attached hydrogens (tertiary/aromatic N) is 1. The molecule has 0 bridgehead atoms. The molecule has 0 saturated heterocycles. The van der Waals surface area contributed by atoms with E-state index in [9.17, 15) is 0 Å². The van der Waals surface area contributed by atoms with E-state index in [1.165, 1.54) is 0 Å². The quantitative estimate of drug-likeness (QED) is 0.636. The molecule has 0 aliphatic carbocycles. The number of halogens is 1. The van der Waals surface area contributed by atoms with E-state index in [2.05, 4.69) is 15.3 Å². The molecular formula is C6H10ClN3O. The summed E-state index contributed by atoms with van der Waals surface area (Å²) in [6.45, 7) is 2.35. The Bertz CT molecular complexity index is 236. The fourth-order valence-electron chi connectivity index (χ4n) is 0.754. The van der Waals surface area contributed by atoms with Crippen molar-refractivity contribution in [2.45, 2.75) is 6.92 Å². The molecule has 4 nitrogen and oxygen atoms in total. The molecule has 0 spiro atoms. The topological polar surface area (TPSA) is 60.9 Å². The van der Waals surface area contributed by atoms with Gasteiger partial charge in [-0.2, -0.15) is 0 Å². The summed E-state index contributed by atoms with van der Waals surface area (Å²) in [5.41, 5.74) is 0. The largest absolute Gasteiger partial charge is 0.395 e. The van der Waals surface area contributed by atoms with Crippen LogP contribution in [0.1, 0.15) is 5.82 Å². The van der Waals surface area contributed by atoms with E-state index in [0.717, 1.165) is 5.82 Å². The van der Waals surface area contributed by atoms with Crippen LogP contribution >= 0.6 is 11.6 Å². The third kappa shape index (κ3) is 2.10. The minimum Gasteiger partial charge on any atom is -0.395 e. The molecule has 0 aliphatic rings. The summed E-state index contributed by atoms with van der Waals surface area (Å²) in [5.74, 6) is 1.36. The molecule has 0 aliphatic heterocycles. The number of hydrogen-bond acceptors (Lipinski definition) is 3. The zero-order valence-electron chi connectivity index (χ0n) is 6.19. The first-order valence-electron chi connectivity index (χ1n) is 3.31. The number of nitrogens with one attached hydrogen (secondary N) is 2. The van der Waals surface area contributed by atoms with Gasteiger partial charge in [-0.15, -0.1) is 0 Å². The van der Waals surface area contributed by atoms with E-state index < -0.39 is 0 Å². The molecule has 11 heavy (non-hydrogen) atoms. The molecule has 3 N–H and O–H groups in total. The van der Waals surface area contributed by atoms with Gasteiger partial charge in [0.25, 0.3) is 0 Å². The summed E-state index contributed by atoms with van der Waals surface area (Å²) < 4.78 is 0. The van der Waals surface area contributed by atoms with Crippen LogP contribution in [-0.2, 0) is 0 Å². The molecule has 1 aromatic rings. The molecule has 5 heteroatoms. The molecule has 0 amide bonds. The van der Waals surface area contributed by atoms with Crippen LogP contribution in [0.3, 0.4) is 0 Å². The predicted molar refractivity (Wildman–Crippen MR) is 43.9 cm³/mol. The third-order valence-electron chi connectivity index (χ3n) is 1.18. The van der Waals surface area contributed by atoms with Gasteiger partial charge in [-0.25, -0.2) is 4.98 Å². The van der Waals surface area contributed by atoms with Gasteiger partial charge in [-0.3, -0.25) is 0 Å². The highest BCUT2D eigenvalue weighted by Crippen LogP contribution is 2.16. The van der Waals surface area contributed by atoms with Crippen molar-refractivity contribution in [1.29, 1.82) is 0 Å². The van der Waals surface area contributed by atoms with Crippen molar-refractivity contribution in [1.82, 2.24) is 9.97 Å². The lowest BCUT2D eigenvalue weighted by Crippen LogP contribution is -2.05. The van der Waals surface area contributed by atoms with Crippen molar-refractivity contribution in [3.05, 3.63) is 11.0 Å². The van der Waals surface area contributed by atoms with Gasteiger partial charge >= 0.3 is 0 Å². The second-order valence-electron chi connectivity index (χ2n) is 2.14. The Morgan fingerprint density at radius 2 is 2.45 bits per heavy atom. The van der Waals surface area contributed by atoms with Crippen LogP contribution in [0.25, 0.3) is 0 Å². The number of aliphatic hydroxyl groups excluding tert-OH is 1. The number of anilines is 1. The number of H-pyrrole nitrogens is 1. The van der Waals surface area contributed by atoms with Crippen LogP contribution in [-0.4, -0.2) is 28.2 Å². The minimum absolute atomic E-state index is 0.0717. The maximum atomic E-state index is 8.48. The van der Waals surface area contributed by atoms with E-state index in [1.54, 1.807) is 0 Å². The van der Waals surface area contributed by atoms with E-state index >= 15 is 0 Å². The molecule has 1 rings (SSSR count). The molecule has 0 fully saturated rings. The third-order valence-corrected chi connectivity index (χ3v) is 1.46. The van der Waals surface area contributed by atoms with Crippen LogP contribution in [0, 0.1) is 6.92 Å². The Balaban J connectivity index is 2.62. The van der Waals surface area contributed by atoms with Gasteiger partial charge in [0.15, 0.2) is 11.0 Å². The van der Waals surface area contributed by atoms with Gasteiger partial charge in [-0.05, 0) is 6.92 Å². The standard InChI is InChI=1S/C6H10ClN3O/c1-4-9-5(7)6(10-4)8-2-3-11/h8,11H,2-3H2,1H3,(H,9,10). The molecule has 0 atom stereocenters. The molecule has 0 radical (unpaired) electrons. The molecule has 62 valence electrons. The van der Waals surface area contributed by atoms with E-state index in [1.807, 2.05) is 6.92 Å². The number of imidazole rings is 1. The SMILES string of the molecule is Cc1nc(NCCO)c(Cl)[nH]1. The van der Waals surface area contributed by atoms with Crippen molar-refractivity contribution < 1.29 is 5.11 Å². The molecule has 0 unspecified atom stereocenters. The van der Waals surface area contributed by atoms with Gasteiger partial charge in [0.05, 0.1) is 6.61 Å². The van der Waals surface area contributed by atoms with Crippen LogP contribution < -0.4 is 5.32 Å². The summed E-state index contributed by atoms with van der Waals surface area (Å²) in [6, 6.07) is 0. The lowest BCUT2D eigenvalue weighted by molar-refractivity contribution is 0.311. The smallest absolute Gasteiger partial charge is 0.163 e. The number of aromatic amines is 1. The second-order valence-corrected chi connectivity index (χ2v) is 2.51. The van der Waals surface area contributed by atoms with Crippen molar-refractivity contribution >= 4 is 17.4 Å². The highest BCUT2D eigenvalue weighted by atomic mass is 35.5. The number of hydrogen-bond donors (Lipinski definition) is 3. The first kappa shape index (κ1) is 8.36. The zero-order valence-corrected chi connectivity index (χ0v) is 6.94. The number of aromatic nitrogens is 2. The molecule has 1 aromatic heterocycles. The average Bonchev–Trinajstić information content (AvgIpc) is 2.26. The van der Waals surface area contributed by atoms with Crippen molar-refractivity contribution in [2.75, 3.05) is 18.5 Å². The fourth-order valence-corrected chi connectivity index (χ4v) is 1.00. The Labute approximate surface area is 69.6 Å². The normalized spacial score (nSPS) is 10.1. The van der Waals surface area contributed by atoms with Crippen LogP contribution in [0.4, 0.5) is 5.82 Å². The maximum absolute atomic E-state index is 8.48. The first-order valence-corrected chi connectivity index (χ1v) is 3.68. The van der Waals surface area contributed by atoms with Gasteiger partial charge < -0.3 is 15.4 Å². The molecule has 0 aromatic carbocycles. The summed E-state index contributed by atoms with van der Waals surface area (Å²) in [6.07, 6.45) is 0. The fraction of sp³-hybridized carbons (Fsp3) is 0.500. The zero-order chi connectivity index (χ0) is 8.27. The van der Waals surface area contributed by atoms with Gasteiger partial charge in [0.2, 0.25) is 0 Å². The summed E-state index contributed by atoms with van der Waals surface area (Å²) in [4.78, 5) is 6.86. The van der Waals surface area contributed by atoms with Crippen molar-refractivity contribution in [3.8, 4) is 0 Å². The van der Waals surface area contributed by atoms with E-state index in [0.29, 0.717) is 17.5 Å². The number of aliphatic hydroxyl groups is 1. The van der Waals surface area contributed by atoms with Crippen LogP contribution in [0.5, 0.6) is 0 Å². The number of rotatable bonds is 3. The van der Waals surface area contributed by atoms with Crippen LogP contribution in [0.2, 0.25) is 5.15 Å². The average molecular weight is 176 g/mol. The Morgan fingerprint density at radius 1 is 1.73 bits per heavy atom.